The van der Waals surface area contributed by atoms with Crippen LogP contribution in [0.4, 0.5) is 0 Å². The number of allylic oxidation sites excluding steroid dienone is 18. The van der Waals surface area contributed by atoms with Gasteiger partial charge in [-0.25, -0.2) is 0 Å². The van der Waals surface area contributed by atoms with Crippen LogP contribution in [0.25, 0.3) is 0 Å². The van der Waals surface area contributed by atoms with Crippen LogP contribution in [0, 0.1) is 0 Å². The first-order valence-electron chi connectivity index (χ1n) is 32.4. The number of rotatable bonds is 58. The first-order chi connectivity index (χ1) is 38.0. The zero-order valence-corrected chi connectivity index (χ0v) is 50.4. The summed E-state index contributed by atoms with van der Waals surface area (Å²) in [6, 6.07) is 0. The first-order valence-corrected chi connectivity index (χ1v) is 32.4. The van der Waals surface area contributed by atoms with Crippen LogP contribution in [-0.2, 0) is 28.6 Å². The Hall–Kier alpha value is -3.93. The van der Waals surface area contributed by atoms with Crippen molar-refractivity contribution >= 4 is 17.9 Å². The van der Waals surface area contributed by atoms with Crippen molar-refractivity contribution in [1.82, 2.24) is 0 Å². The van der Waals surface area contributed by atoms with Crippen LogP contribution in [0.5, 0.6) is 0 Å². The lowest BCUT2D eigenvalue weighted by Gasteiger charge is -2.18. The molecule has 1 unspecified atom stereocenters. The molecule has 0 rings (SSSR count). The minimum Gasteiger partial charge on any atom is -0.462 e. The van der Waals surface area contributed by atoms with Gasteiger partial charge in [0.05, 0.1) is 0 Å². The van der Waals surface area contributed by atoms with Gasteiger partial charge in [-0.3, -0.25) is 14.4 Å². The van der Waals surface area contributed by atoms with Crippen LogP contribution in [0.15, 0.2) is 109 Å². The summed E-state index contributed by atoms with van der Waals surface area (Å²) in [4.78, 5) is 38.3. The predicted octanol–water partition coefficient (Wildman–Crippen LogP) is 22.2. The lowest BCUT2D eigenvalue weighted by atomic mass is 10.1. The highest BCUT2D eigenvalue weighted by molar-refractivity contribution is 5.71. The van der Waals surface area contributed by atoms with E-state index in [1.54, 1.807) is 0 Å². The fraction of sp³-hybridized carbons (Fsp3) is 0.704. The number of carbonyl (C=O) groups is 3. The van der Waals surface area contributed by atoms with E-state index in [0.717, 1.165) is 122 Å². The summed E-state index contributed by atoms with van der Waals surface area (Å²) in [5, 5.41) is 0. The third kappa shape index (κ3) is 62.8. The summed E-state index contributed by atoms with van der Waals surface area (Å²) in [6.07, 6.45) is 88.1. The molecule has 6 heteroatoms. The van der Waals surface area contributed by atoms with E-state index >= 15 is 0 Å². The molecule has 0 spiro atoms. The second kappa shape index (κ2) is 64.6. The Bertz CT molecular complexity index is 1560. The van der Waals surface area contributed by atoms with E-state index in [1.807, 2.05) is 0 Å². The van der Waals surface area contributed by atoms with Crippen molar-refractivity contribution < 1.29 is 28.6 Å². The van der Waals surface area contributed by atoms with Gasteiger partial charge in [0, 0.05) is 19.3 Å². The number of hydrogen-bond donors (Lipinski definition) is 0. The van der Waals surface area contributed by atoms with Crippen molar-refractivity contribution in [3.8, 4) is 0 Å². The number of ether oxygens (including phenoxy) is 3. The van der Waals surface area contributed by atoms with E-state index < -0.39 is 6.10 Å². The molecule has 0 aliphatic heterocycles. The van der Waals surface area contributed by atoms with Crippen LogP contribution in [-0.4, -0.2) is 37.2 Å². The van der Waals surface area contributed by atoms with E-state index in [9.17, 15) is 14.4 Å². The molecule has 0 amide bonds. The maximum absolute atomic E-state index is 12.9. The summed E-state index contributed by atoms with van der Waals surface area (Å²) in [5.41, 5.74) is 0. The molecular formula is C71H120O6. The Balaban J connectivity index is 4.28. The van der Waals surface area contributed by atoms with Gasteiger partial charge in [0.2, 0.25) is 0 Å². The predicted molar refractivity (Wildman–Crippen MR) is 334 cm³/mol. The maximum Gasteiger partial charge on any atom is 0.306 e. The molecule has 440 valence electrons. The average molecular weight is 1070 g/mol. The zero-order valence-electron chi connectivity index (χ0n) is 50.4. The lowest BCUT2D eigenvalue weighted by Crippen LogP contribution is -2.30. The van der Waals surface area contributed by atoms with Crippen molar-refractivity contribution in [2.45, 2.75) is 309 Å². The Morgan fingerprint density at radius 3 is 0.818 bits per heavy atom. The Morgan fingerprint density at radius 2 is 0.506 bits per heavy atom. The van der Waals surface area contributed by atoms with Crippen molar-refractivity contribution in [2.24, 2.45) is 0 Å². The van der Waals surface area contributed by atoms with E-state index in [-0.39, 0.29) is 31.1 Å². The third-order valence-corrected chi connectivity index (χ3v) is 13.8. The van der Waals surface area contributed by atoms with Gasteiger partial charge in [0.1, 0.15) is 13.2 Å². The summed E-state index contributed by atoms with van der Waals surface area (Å²) < 4.78 is 16.9. The van der Waals surface area contributed by atoms with Crippen molar-refractivity contribution in [2.75, 3.05) is 13.2 Å². The van der Waals surface area contributed by atoms with E-state index in [4.69, 9.17) is 14.2 Å². The van der Waals surface area contributed by atoms with Crippen molar-refractivity contribution in [1.29, 1.82) is 0 Å². The molecule has 1 atom stereocenters. The van der Waals surface area contributed by atoms with Crippen LogP contribution in [0.2, 0.25) is 0 Å². The second-order valence-electron chi connectivity index (χ2n) is 21.3. The van der Waals surface area contributed by atoms with Gasteiger partial charge in [-0.2, -0.15) is 0 Å². The molecular weight excluding hydrogens is 949 g/mol. The minimum atomic E-state index is -0.787. The highest BCUT2D eigenvalue weighted by atomic mass is 16.6. The van der Waals surface area contributed by atoms with Crippen LogP contribution in [0.3, 0.4) is 0 Å². The zero-order chi connectivity index (χ0) is 55.7. The molecule has 0 aromatic carbocycles. The number of carbonyl (C=O) groups excluding carboxylic acids is 3. The van der Waals surface area contributed by atoms with Gasteiger partial charge in [-0.05, 0) is 109 Å². The van der Waals surface area contributed by atoms with E-state index in [1.165, 1.54) is 141 Å². The highest BCUT2D eigenvalue weighted by Crippen LogP contribution is 2.16. The molecule has 0 heterocycles. The molecule has 0 aromatic rings. The number of esters is 3. The summed E-state index contributed by atoms with van der Waals surface area (Å²) in [6.45, 7) is 6.50. The van der Waals surface area contributed by atoms with E-state index in [0.29, 0.717) is 19.3 Å². The summed E-state index contributed by atoms with van der Waals surface area (Å²) >= 11 is 0. The van der Waals surface area contributed by atoms with Crippen LogP contribution < -0.4 is 0 Å². The molecule has 0 fully saturated rings. The van der Waals surface area contributed by atoms with Gasteiger partial charge in [0.25, 0.3) is 0 Å². The fourth-order valence-electron chi connectivity index (χ4n) is 8.92. The van der Waals surface area contributed by atoms with Gasteiger partial charge < -0.3 is 14.2 Å². The SMILES string of the molecule is CC/C=C\C/C=C\C/C=C\C/C=C\C/C=C\C/C=C\CCCCCCCCCCCCC(=O)OCC(COC(=O)CCCCCCCCCCCCC)OC(=O)CCCCCCCC/C=C\C/C=C\C/C=C\CCCCC. The minimum absolute atomic E-state index is 0.0827. The fourth-order valence-corrected chi connectivity index (χ4v) is 8.92. The standard InChI is InChI=1S/C71H120O6/c1-4-7-10-13-16-19-22-24-26-28-30-31-32-33-34-35-36-37-38-39-41-42-44-46-49-52-55-58-61-64-70(73)76-67-68(66-75-69(72)63-60-57-54-51-48-21-18-15-12-9-6-3)77-71(74)65-62-59-56-53-50-47-45-43-40-29-27-25-23-20-17-14-11-8-5-2/h7,10,16-17,19-20,24-27,30-31,33-34,36-37,40,43,68H,4-6,8-9,11-15,18,21-23,28-29,32,35,38-39,41-42,44-67H2,1-3H3/b10-7-,19-16-,20-17-,26-24-,27-25-,31-30-,34-33-,37-36-,43-40-. The normalized spacial score (nSPS) is 12.8. The summed E-state index contributed by atoms with van der Waals surface area (Å²) in [5.74, 6) is -0.893. The molecule has 0 saturated carbocycles. The number of hydrogen-bond acceptors (Lipinski definition) is 6. The molecule has 6 nitrogen and oxygen atoms in total. The molecule has 0 saturated heterocycles. The smallest absolute Gasteiger partial charge is 0.306 e. The van der Waals surface area contributed by atoms with Crippen molar-refractivity contribution in [3.63, 3.8) is 0 Å². The summed E-state index contributed by atoms with van der Waals surface area (Å²) in [7, 11) is 0. The molecule has 0 bridgehead atoms. The van der Waals surface area contributed by atoms with Gasteiger partial charge >= 0.3 is 17.9 Å². The third-order valence-electron chi connectivity index (χ3n) is 13.8. The Morgan fingerprint density at radius 1 is 0.273 bits per heavy atom. The quantitative estimate of drug-likeness (QED) is 0.0261. The van der Waals surface area contributed by atoms with Crippen molar-refractivity contribution in [3.05, 3.63) is 109 Å². The Labute approximate surface area is 476 Å². The van der Waals surface area contributed by atoms with Crippen LogP contribution >= 0.6 is 0 Å². The number of unbranched alkanes of at least 4 members (excludes halogenated alkanes) is 29. The lowest BCUT2D eigenvalue weighted by molar-refractivity contribution is -0.167. The molecule has 0 N–H and O–H groups in total. The molecule has 0 radical (unpaired) electrons. The van der Waals surface area contributed by atoms with Crippen LogP contribution in [0.1, 0.15) is 303 Å². The van der Waals surface area contributed by atoms with Gasteiger partial charge in [-0.1, -0.05) is 284 Å². The molecule has 0 aliphatic carbocycles. The van der Waals surface area contributed by atoms with Gasteiger partial charge in [-0.15, -0.1) is 0 Å². The molecule has 0 aromatic heterocycles. The highest BCUT2D eigenvalue weighted by Gasteiger charge is 2.19. The van der Waals surface area contributed by atoms with E-state index in [2.05, 4.69) is 130 Å². The monoisotopic (exact) mass is 1070 g/mol. The topological polar surface area (TPSA) is 78.9 Å². The largest absolute Gasteiger partial charge is 0.462 e. The first kappa shape index (κ1) is 73.1. The average Bonchev–Trinajstić information content (AvgIpc) is 3.43. The molecule has 77 heavy (non-hydrogen) atoms. The Kier molecular flexibility index (Phi) is 61.3. The second-order valence-corrected chi connectivity index (χ2v) is 21.3. The maximum atomic E-state index is 12.9. The molecule has 0 aliphatic rings. The van der Waals surface area contributed by atoms with Gasteiger partial charge in [0.15, 0.2) is 6.10 Å².